The Labute approximate surface area is 166 Å². The van der Waals surface area contributed by atoms with Crippen molar-refractivity contribution in [2.24, 2.45) is 0 Å². The van der Waals surface area contributed by atoms with Crippen LogP contribution in [-0.4, -0.2) is 61.0 Å². The van der Waals surface area contributed by atoms with E-state index < -0.39 is 28.8 Å². The van der Waals surface area contributed by atoms with E-state index in [2.05, 4.69) is 10.2 Å². The van der Waals surface area contributed by atoms with Crippen molar-refractivity contribution in [2.45, 2.75) is 25.1 Å². The molecular formula is C18H20F4N4O2S. The third-order valence-electron chi connectivity index (χ3n) is 4.75. The van der Waals surface area contributed by atoms with E-state index in [1.165, 1.54) is 12.1 Å². The number of hydrogen-bond acceptors (Lipinski definition) is 5. The predicted molar refractivity (Wildman–Crippen MR) is 100 cm³/mol. The summed E-state index contributed by atoms with van der Waals surface area (Å²) in [5.74, 6) is 0.200. The van der Waals surface area contributed by atoms with E-state index in [9.17, 15) is 26.0 Å². The maximum atomic E-state index is 13.0. The number of halogens is 4. The van der Waals surface area contributed by atoms with Gasteiger partial charge < -0.3 is 4.90 Å². The molecule has 29 heavy (non-hydrogen) atoms. The summed E-state index contributed by atoms with van der Waals surface area (Å²) in [6, 6.07) is 8.57. The Morgan fingerprint density at radius 3 is 2.17 bits per heavy atom. The van der Waals surface area contributed by atoms with Gasteiger partial charge in [0.15, 0.2) is 5.82 Å². The predicted octanol–water partition coefficient (Wildman–Crippen LogP) is 3.08. The van der Waals surface area contributed by atoms with Gasteiger partial charge in [-0.15, -0.1) is 10.2 Å². The molecule has 11 heteroatoms. The molecule has 2 heterocycles. The van der Waals surface area contributed by atoms with Crippen LogP contribution in [0.15, 0.2) is 36.4 Å². The number of piperidine rings is 1. The number of anilines is 1. The minimum Gasteiger partial charge on any atom is -0.355 e. The Bertz CT molecular complexity index is 926. The van der Waals surface area contributed by atoms with Crippen molar-refractivity contribution in [3.8, 4) is 11.3 Å². The SMILES string of the molecule is CS(=O)(=O)N(CC(F)(F)F)C1CCN(c2ccc(-c3ccc(F)cc3)nn2)CC1. The third-order valence-corrected chi connectivity index (χ3v) is 6.03. The summed E-state index contributed by atoms with van der Waals surface area (Å²) in [5, 5.41) is 8.28. The zero-order valence-corrected chi connectivity index (χ0v) is 16.4. The molecule has 1 aliphatic heterocycles. The minimum absolute atomic E-state index is 0.255. The number of rotatable bonds is 5. The van der Waals surface area contributed by atoms with E-state index in [-0.39, 0.29) is 18.7 Å². The average molecular weight is 432 g/mol. The molecule has 0 saturated carbocycles. The summed E-state index contributed by atoms with van der Waals surface area (Å²) in [5.41, 5.74) is 1.28. The first kappa shape index (κ1) is 21.4. The highest BCUT2D eigenvalue weighted by Gasteiger charge is 2.39. The van der Waals surface area contributed by atoms with Crippen molar-refractivity contribution in [1.29, 1.82) is 0 Å². The van der Waals surface area contributed by atoms with Crippen molar-refractivity contribution in [1.82, 2.24) is 14.5 Å². The van der Waals surface area contributed by atoms with Gasteiger partial charge in [0.05, 0.1) is 11.9 Å². The second-order valence-corrected chi connectivity index (χ2v) is 8.86. The minimum atomic E-state index is -4.60. The first-order valence-corrected chi connectivity index (χ1v) is 10.8. The van der Waals surface area contributed by atoms with E-state index in [4.69, 9.17) is 0 Å². The molecule has 1 fully saturated rings. The molecule has 0 bridgehead atoms. The number of benzene rings is 1. The van der Waals surface area contributed by atoms with Crippen LogP contribution in [0.4, 0.5) is 23.4 Å². The quantitative estimate of drug-likeness (QED) is 0.680. The van der Waals surface area contributed by atoms with Crippen LogP contribution >= 0.6 is 0 Å². The number of alkyl halides is 3. The van der Waals surface area contributed by atoms with Crippen LogP contribution in [-0.2, 0) is 10.0 Å². The third kappa shape index (κ3) is 5.63. The number of hydrogen-bond donors (Lipinski definition) is 0. The van der Waals surface area contributed by atoms with Crippen molar-refractivity contribution >= 4 is 15.8 Å². The smallest absolute Gasteiger partial charge is 0.355 e. The Hall–Kier alpha value is -2.27. The van der Waals surface area contributed by atoms with E-state index in [1.54, 1.807) is 24.3 Å². The normalized spacial score (nSPS) is 16.4. The van der Waals surface area contributed by atoms with Gasteiger partial charge in [0.2, 0.25) is 10.0 Å². The van der Waals surface area contributed by atoms with E-state index >= 15 is 0 Å². The maximum absolute atomic E-state index is 13.0. The van der Waals surface area contributed by atoms with Crippen LogP contribution in [0.25, 0.3) is 11.3 Å². The molecule has 0 atom stereocenters. The van der Waals surface area contributed by atoms with Crippen molar-refractivity contribution in [3.05, 3.63) is 42.2 Å². The second kappa shape index (κ2) is 8.23. The molecule has 3 rings (SSSR count). The molecule has 1 aromatic heterocycles. The molecule has 0 N–H and O–H groups in total. The zero-order valence-electron chi connectivity index (χ0n) is 15.6. The van der Waals surface area contributed by atoms with Crippen LogP contribution in [0.2, 0.25) is 0 Å². The van der Waals surface area contributed by atoms with Gasteiger partial charge in [0, 0.05) is 24.7 Å². The van der Waals surface area contributed by atoms with E-state index in [1.807, 2.05) is 4.90 Å². The molecule has 1 saturated heterocycles. The highest BCUT2D eigenvalue weighted by Crippen LogP contribution is 2.27. The monoisotopic (exact) mass is 432 g/mol. The van der Waals surface area contributed by atoms with Gasteiger partial charge in [-0.3, -0.25) is 0 Å². The number of sulfonamides is 1. The maximum Gasteiger partial charge on any atom is 0.402 e. The van der Waals surface area contributed by atoms with Crippen molar-refractivity contribution in [3.63, 3.8) is 0 Å². The molecular weight excluding hydrogens is 412 g/mol. The molecule has 0 aliphatic carbocycles. The van der Waals surface area contributed by atoms with Gasteiger partial charge in [0.25, 0.3) is 0 Å². The summed E-state index contributed by atoms with van der Waals surface area (Å²) in [7, 11) is -3.98. The first-order valence-electron chi connectivity index (χ1n) is 8.91. The summed E-state index contributed by atoms with van der Waals surface area (Å²) < 4.78 is 75.5. The number of nitrogens with zero attached hydrogens (tertiary/aromatic N) is 4. The fourth-order valence-electron chi connectivity index (χ4n) is 3.35. The zero-order chi connectivity index (χ0) is 21.2. The fraction of sp³-hybridized carbons (Fsp3) is 0.444. The molecule has 6 nitrogen and oxygen atoms in total. The molecule has 158 valence electrons. The summed E-state index contributed by atoms with van der Waals surface area (Å²) >= 11 is 0. The van der Waals surface area contributed by atoms with Crippen LogP contribution in [0.3, 0.4) is 0 Å². The van der Waals surface area contributed by atoms with Gasteiger partial charge >= 0.3 is 6.18 Å². The molecule has 0 spiro atoms. The number of aromatic nitrogens is 2. The molecule has 2 aromatic rings. The highest BCUT2D eigenvalue weighted by atomic mass is 32.2. The van der Waals surface area contributed by atoms with Gasteiger partial charge in [0.1, 0.15) is 12.4 Å². The highest BCUT2D eigenvalue weighted by molar-refractivity contribution is 7.88. The summed E-state index contributed by atoms with van der Waals surface area (Å²) in [4.78, 5) is 1.85. The fourth-order valence-corrected chi connectivity index (χ4v) is 4.48. The molecule has 1 aliphatic rings. The molecule has 0 radical (unpaired) electrons. The lowest BCUT2D eigenvalue weighted by molar-refractivity contribution is -0.139. The van der Waals surface area contributed by atoms with Gasteiger partial charge in [-0.25, -0.2) is 12.8 Å². The molecule has 0 amide bonds. The standard InChI is InChI=1S/C18H20F4N4O2S/c1-29(27,28)26(12-18(20,21)22)15-8-10-25(11-9-15)17-7-6-16(23-24-17)13-2-4-14(19)5-3-13/h2-7,15H,8-12H2,1H3. The van der Waals surface area contributed by atoms with Crippen molar-refractivity contribution in [2.75, 3.05) is 30.8 Å². The van der Waals surface area contributed by atoms with E-state index in [0.29, 0.717) is 34.5 Å². The van der Waals surface area contributed by atoms with Gasteiger partial charge in [-0.1, -0.05) is 0 Å². The van der Waals surface area contributed by atoms with Crippen LogP contribution < -0.4 is 4.90 Å². The molecule has 0 unspecified atom stereocenters. The van der Waals surface area contributed by atoms with Crippen LogP contribution in [0.1, 0.15) is 12.8 Å². The van der Waals surface area contributed by atoms with Crippen molar-refractivity contribution < 1.29 is 26.0 Å². The second-order valence-electron chi connectivity index (χ2n) is 6.93. The van der Waals surface area contributed by atoms with Crippen LogP contribution in [0, 0.1) is 5.82 Å². The lowest BCUT2D eigenvalue weighted by atomic mass is 10.0. The first-order chi connectivity index (χ1) is 13.5. The van der Waals surface area contributed by atoms with E-state index in [0.717, 1.165) is 6.26 Å². The average Bonchev–Trinajstić information content (AvgIpc) is 2.66. The van der Waals surface area contributed by atoms with Gasteiger partial charge in [-0.2, -0.15) is 17.5 Å². The topological polar surface area (TPSA) is 66.4 Å². The largest absolute Gasteiger partial charge is 0.402 e. The Kier molecular flexibility index (Phi) is 6.08. The molecule has 1 aromatic carbocycles. The summed E-state index contributed by atoms with van der Waals surface area (Å²) in [6.07, 6.45) is -3.29. The lowest BCUT2D eigenvalue weighted by Gasteiger charge is -2.37. The van der Waals surface area contributed by atoms with Gasteiger partial charge in [-0.05, 0) is 49.2 Å². The van der Waals surface area contributed by atoms with Crippen LogP contribution in [0.5, 0.6) is 0 Å². The lowest BCUT2D eigenvalue weighted by Crippen LogP contribution is -2.50. The Morgan fingerprint density at radius 1 is 1.07 bits per heavy atom. The Morgan fingerprint density at radius 2 is 1.69 bits per heavy atom. The Balaban J connectivity index is 1.66. The summed E-state index contributed by atoms with van der Waals surface area (Å²) in [6.45, 7) is -0.763.